The lowest BCUT2D eigenvalue weighted by molar-refractivity contribution is -0.149. The molecule has 0 aromatic carbocycles. The summed E-state index contributed by atoms with van der Waals surface area (Å²) in [6, 6.07) is -2.51. The second kappa shape index (κ2) is 9.29. The number of carbonyl (C=O) groups is 3. The third-order valence-electron chi connectivity index (χ3n) is 2.26. The van der Waals surface area contributed by atoms with Gasteiger partial charge in [-0.1, -0.05) is 13.3 Å². The van der Waals surface area contributed by atoms with E-state index < -0.39 is 43.0 Å². The molecule has 8 heteroatoms. The molecule has 0 bridgehead atoms. The topological polar surface area (TPSA) is 139 Å². The van der Waals surface area contributed by atoms with Crippen molar-refractivity contribution in [1.82, 2.24) is 5.32 Å². The maximum atomic E-state index is 11.5. The highest BCUT2D eigenvalue weighted by atomic mass is 16.5. The smallest absolute Gasteiger partial charge is 0.331 e. The molecule has 0 radical (unpaired) electrons. The van der Waals surface area contributed by atoms with Gasteiger partial charge in [0.25, 0.3) is 0 Å². The number of ether oxygens (including phenoxy) is 1. The van der Waals surface area contributed by atoms with Crippen molar-refractivity contribution in [2.75, 3.05) is 13.2 Å². The van der Waals surface area contributed by atoms with Crippen LogP contribution in [0.5, 0.6) is 0 Å². The molecule has 0 fully saturated rings. The number of rotatable bonds is 9. The lowest BCUT2D eigenvalue weighted by Crippen LogP contribution is -2.51. The van der Waals surface area contributed by atoms with Crippen LogP contribution in [0, 0.1) is 0 Å². The fourth-order valence-corrected chi connectivity index (χ4v) is 1.16. The normalized spacial score (nSPS) is 13.4. The second-order valence-corrected chi connectivity index (χ2v) is 3.97. The molecular formula is C11H20N2O6. The number of esters is 1. The number of carbonyl (C=O) groups excluding carboxylic acids is 2. The zero-order valence-corrected chi connectivity index (χ0v) is 10.8. The van der Waals surface area contributed by atoms with Gasteiger partial charge in [0.2, 0.25) is 5.91 Å². The number of hydrogen-bond donors (Lipinski definition) is 4. The van der Waals surface area contributed by atoms with E-state index in [1.807, 2.05) is 6.92 Å². The van der Waals surface area contributed by atoms with Crippen molar-refractivity contribution in [3.05, 3.63) is 0 Å². The number of aliphatic carboxylic acids is 1. The van der Waals surface area contributed by atoms with Gasteiger partial charge in [-0.05, 0) is 6.42 Å². The summed E-state index contributed by atoms with van der Waals surface area (Å²) in [5.74, 6) is -2.82. The van der Waals surface area contributed by atoms with Crippen LogP contribution in [0.1, 0.15) is 26.2 Å². The van der Waals surface area contributed by atoms with Crippen LogP contribution in [0.2, 0.25) is 0 Å². The van der Waals surface area contributed by atoms with Gasteiger partial charge in [-0.3, -0.25) is 9.59 Å². The van der Waals surface area contributed by atoms with Crippen molar-refractivity contribution in [2.45, 2.75) is 38.3 Å². The Kier molecular flexibility index (Phi) is 8.47. The van der Waals surface area contributed by atoms with Gasteiger partial charge in [-0.2, -0.15) is 0 Å². The van der Waals surface area contributed by atoms with Gasteiger partial charge in [0.15, 0.2) is 6.04 Å². The molecule has 19 heavy (non-hydrogen) atoms. The van der Waals surface area contributed by atoms with Crippen molar-refractivity contribution >= 4 is 17.8 Å². The quantitative estimate of drug-likeness (QED) is 0.300. The molecule has 110 valence electrons. The first-order valence-corrected chi connectivity index (χ1v) is 5.97. The summed E-state index contributed by atoms with van der Waals surface area (Å²) in [5.41, 5.74) is 5.32. The van der Waals surface area contributed by atoms with E-state index >= 15 is 0 Å². The Bertz CT molecular complexity index is 320. The van der Waals surface area contributed by atoms with E-state index in [9.17, 15) is 14.4 Å². The summed E-state index contributed by atoms with van der Waals surface area (Å²) in [4.78, 5) is 33.3. The maximum Gasteiger partial charge on any atom is 0.331 e. The van der Waals surface area contributed by atoms with Gasteiger partial charge in [0.05, 0.1) is 25.7 Å². The number of amides is 1. The lowest BCUT2D eigenvalue weighted by atomic mass is 10.2. The SMILES string of the molecule is CCCCOC(=O)[C@@H](CO)NC(=O)[C@@H](N)CC(=O)O. The second-order valence-electron chi connectivity index (χ2n) is 3.97. The van der Waals surface area contributed by atoms with Crippen LogP contribution >= 0.6 is 0 Å². The molecule has 0 aromatic heterocycles. The third-order valence-corrected chi connectivity index (χ3v) is 2.26. The molecule has 5 N–H and O–H groups in total. The van der Waals surface area contributed by atoms with Crippen LogP contribution < -0.4 is 11.1 Å². The maximum absolute atomic E-state index is 11.5. The van der Waals surface area contributed by atoms with E-state index in [1.54, 1.807) is 0 Å². The fraction of sp³-hybridized carbons (Fsp3) is 0.727. The van der Waals surface area contributed by atoms with Crippen LogP contribution in [-0.2, 0) is 19.1 Å². The number of nitrogens with two attached hydrogens (primary N) is 1. The molecule has 2 atom stereocenters. The molecule has 0 saturated carbocycles. The highest BCUT2D eigenvalue weighted by molar-refractivity contribution is 5.89. The summed E-state index contributed by atoms with van der Waals surface area (Å²) < 4.78 is 4.83. The van der Waals surface area contributed by atoms with Crippen molar-refractivity contribution in [2.24, 2.45) is 5.73 Å². The monoisotopic (exact) mass is 276 g/mol. The predicted molar refractivity (Wildman–Crippen MR) is 65.1 cm³/mol. The lowest BCUT2D eigenvalue weighted by Gasteiger charge is -2.17. The highest BCUT2D eigenvalue weighted by Crippen LogP contribution is 1.95. The molecule has 0 rings (SSSR count). The molecular weight excluding hydrogens is 256 g/mol. The zero-order chi connectivity index (χ0) is 14.8. The molecule has 0 aliphatic heterocycles. The zero-order valence-electron chi connectivity index (χ0n) is 10.8. The van der Waals surface area contributed by atoms with Crippen molar-refractivity contribution in [1.29, 1.82) is 0 Å². The van der Waals surface area contributed by atoms with E-state index in [-0.39, 0.29) is 6.61 Å². The van der Waals surface area contributed by atoms with Gasteiger partial charge in [0, 0.05) is 0 Å². The Balaban J connectivity index is 4.26. The number of carboxylic acids is 1. The first kappa shape index (κ1) is 17.3. The average molecular weight is 276 g/mol. The number of hydrogen-bond acceptors (Lipinski definition) is 6. The first-order valence-electron chi connectivity index (χ1n) is 5.97. The Morgan fingerprint density at radius 1 is 1.37 bits per heavy atom. The molecule has 0 aliphatic rings. The van der Waals surface area contributed by atoms with E-state index in [2.05, 4.69) is 5.32 Å². The van der Waals surface area contributed by atoms with Gasteiger partial charge < -0.3 is 26.0 Å². The number of nitrogens with one attached hydrogen (secondary N) is 1. The predicted octanol–water partition coefficient (Wildman–Crippen LogP) is -1.39. The first-order chi connectivity index (χ1) is 8.92. The summed E-state index contributed by atoms with van der Waals surface area (Å²) in [5, 5.41) is 19.6. The van der Waals surface area contributed by atoms with Crippen molar-refractivity contribution in [3.8, 4) is 0 Å². The molecule has 0 aromatic rings. The summed E-state index contributed by atoms with van der Waals surface area (Å²) in [7, 11) is 0. The minimum atomic E-state index is -1.28. The van der Waals surface area contributed by atoms with E-state index in [0.29, 0.717) is 6.42 Å². The molecule has 0 aliphatic carbocycles. The van der Waals surface area contributed by atoms with E-state index in [4.69, 9.17) is 20.7 Å². The summed E-state index contributed by atoms with van der Waals surface area (Å²) in [6.45, 7) is 1.48. The molecule has 1 amide bonds. The minimum Gasteiger partial charge on any atom is -0.481 e. The van der Waals surface area contributed by atoms with Crippen LogP contribution in [0.15, 0.2) is 0 Å². The standard InChI is InChI=1S/C11H20N2O6/c1-2-3-4-19-11(18)8(6-14)13-10(17)7(12)5-9(15)16/h7-8,14H,2-6,12H2,1H3,(H,13,17)(H,15,16)/t7-,8+/m0/s1. The average Bonchev–Trinajstić information content (AvgIpc) is 2.34. The van der Waals surface area contributed by atoms with Gasteiger partial charge >= 0.3 is 11.9 Å². The Morgan fingerprint density at radius 2 is 2.00 bits per heavy atom. The van der Waals surface area contributed by atoms with Gasteiger partial charge in [-0.15, -0.1) is 0 Å². The third kappa shape index (κ3) is 7.37. The number of aliphatic hydroxyl groups excluding tert-OH is 1. The van der Waals surface area contributed by atoms with Gasteiger partial charge in [-0.25, -0.2) is 4.79 Å². The van der Waals surface area contributed by atoms with E-state index in [1.165, 1.54) is 0 Å². The van der Waals surface area contributed by atoms with Crippen molar-refractivity contribution < 1.29 is 29.3 Å². The van der Waals surface area contributed by atoms with Crippen LogP contribution in [0.4, 0.5) is 0 Å². The Hall–Kier alpha value is -1.67. The minimum absolute atomic E-state index is 0.197. The molecule has 0 heterocycles. The molecule has 8 nitrogen and oxygen atoms in total. The molecule has 0 spiro atoms. The van der Waals surface area contributed by atoms with Gasteiger partial charge in [0.1, 0.15) is 0 Å². The van der Waals surface area contributed by atoms with E-state index in [0.717, 1.165) is 6.42 Å². The Morgan fingerprint density at radius 3 is 2.47 bits per heavy atom. The molecule has 0 unspecified atom stereocenters. The largest absolute Gasteiger partial charge is 0.481 e. The van der Waals surface area contributed by atoms with Crippen LogP contribution in [0.3, 0.4) is 0 Å². The summed E-state index contributed by atoms with van der Waals surface area (Å²) >= 11 is 0. The Labute approximate surface area is 110 Å². The highest BCUT2D eigenvalue weighted by Gasteiger charge is 2.25. The van der Waals surface area contributed by atoms with Crippen molar-refractivity contribution in [3.63, 3.8) is 0 Å². The fourth-order valence-electron chi connectivity index (χ4n) is 1.16. The number of aliphatic hydroxyl groups is 1. The number of carboxylic acid groups (broad SMARTS) is 1. The summed E-state index contributed by atoms with van der Waals surface area (Å²) in [6.07, 6.45) is 0.956. The van der Waals surface area contributed by atoms with Crippen LogP contribution in [0.25, 0.3) is 0 Å². The van der Waals surface area contributed by atoms with Crippen LogP contribution in [-0.4, -0.2) is 53.4 Å². The molecule has 0 saturated heterocycles. The number of unbranched alkanes of at least 4 members (excludes halogenated alkanes) is 1.